The highest BCUT2D eigenvalue weighted by Gasteiger charge is 2.38. The Labute approximate surface area is 217 Å². The number of aryl methyl sites for hydroxylation is 2. The predicted molar refractivity (Wildman–Crippen MR) is 144 cm³/mol. The first-order valence-corrected chi connectivity index (χ1v) is 13.5. The molecule has 188 valence electrons. The minimum atomic E-state index is -3.92. The fraction of sp³-hybridized carbons (Fsp3) is 0.167. The molecule has 5 rings (SSSR count). The number of hydrogen-bond acceptors (Lipinski definition) is 4. The molecule has 0 fully saturated rings. The van der Waals surface area contributed by atoms with E-state index in [2.05, 4.69) is 5.32 Å². The van der Waals surface area contributed by atoms with Crippen molar-refractivity contribution in [1.82, 2.24) is 5.32 Å². The van der Waals surface area contributed by atoms with E-state index in [4.69, 9.17) is 4.74 Å². The van der Waals surface area contributed by atoms with E-state index in [0.717, 1.165) is 22.3 Å². The lowest BCUT2D eigenvalue weighted by Gasteiger charge is -2.35. The Morgan fingerprint density at radius 2 is 1.51 bits per heavy atom. The standard InChI is InChI=1S/C30H28N2O4S/c1-21-16-18-24(19-17-21)37(34,35)32-20-28(36-27-15-9-8-14-26(27)32)30(33)31-29(23-11-4-3-5-12-23)25-13-7-6-10-22(25)2/h3-19,28-29H,20H2,1-2H3,(H,31,33)/t28-,29+/m1/s1. The average Bonchev–Trinajstić information content (AvgIpc) is 2.92. The topological polar surface area (TPSA) is 75.7 Å². The smallest absolute Gasteiger partial charge is 0.264 e. The van der Waals surface area contributed by atoms with Crippen LogP contribution in [0.15, 0.2) is 108 Å². The van der Waals surface area contributed by atoms with Crippen LogP contribution in [-0.4, -0.2) is 27.0 Å². The number of benzene rings is 4. The van der Waals surface area contributed by atoms with Crippen LogP contribution in [0.25, 0.3) is 0 Å². The molecule has 0 saturated heterocycles. The highest BCUT2D eigenvalue weighted by molar-refractivity contribution is 7.92. The molecule has 1 aliphatic rings. The maximum Gasteiger partial charge on any atom is 0.264 e. The van der Waals surface area contributed by atoms with Gasteiger partial charge in [0.15, 0.2) is 6.10 Å². The van der Waals surface area contributed by atoms with Crippen LogP contribution in [0, 0.1) is 13.8 Å². The molecule has 4 aromatic carbocycles. The Hall–Kier alpha value is -4.10. The number of hydrogen-bond donors (Lipinski definition) is 1. The van der Waals surface area contributed by atoms with Crippen LogP contribution in [0.5, 0.6) is 5.75 Å². The lowest BCUT2D eigenvalue weighted by atomic mass is 9.94. The number of rotatable bonds is 6. The van der Waals surface area contributed by atoms with Crippen molar-refractivity contribution >= 4 is 21.6 Å². The van der Waals surface area contributed by atoms with Gasteiger partial charge in [0.2, 0.25) is 0 Å². The Morgan fingerprint density at radius 3 is 2.24 bits per heavy atom. The molecule has 0 aromatic heterocycles. The third kappa shape index (κ3) is 4.95. The summed E-state index contributed by atoms with van der Waals surface area (Å²) in [5.74, 6) is -0.0487. The Morgan fingerprint density at radius 1 is 0.865 bits per heavy atom. The Bertz CT molecular complexity index is 1520. The van der Waals surface area contributed by atoms with Crippen molar-refractivity contribution < 1.29 is 17.9 Å². The maximum absolute atomic E-state index is 13.7. The summed E-state index contributed by atoms with van der Waals surface area (Å²) >= 11 is 0. The number of para-hydroxylation sites is 2. The maximum atomic E-state index is 13.7. The summed E-state index contributed by atoms with van der Waals surface area (Å²) in [6.45, 7) is 3.76. The summed E-state index contributed by atoms with van der Waals surface area (Å²) in [5, 5.41) is 3.12. The number of ether oxygens (including phenoxy) is 1. The normalized spacial score (nSPS) is 15.8. The minimum absolute atomic E-state index is 0.145. The zero-order valence-corrected chi connectivity index (χ0v) is 21.5. The highest BCUT2D eigenvalue weighted by Crippen LogP contribution is 2.37. The molecule has 1 heterocycles. The van der Waals surface area contributed by atoms with E-state index in [1.54, 1.807) is 48.5 Å². The van der Waals surface area contributed by atoms with Crippen molar-refractivity contribution in [3.63, 3.8) is 0 Å². The Balaban J connectivity index is 1.49. The van der Waals surface area contributed by atoms with Crippen molar-refractivity contribution in [2.45, 2.75) is 30.9 Å². The van der Waals surface area contributed by atoms with Gasteiger partial charge in [0.05, 0.1) is 23.2 Å². The van der Waals surface area contributed by atoms with Crippen molar-refractivity contribution in [2.75, 3.05) is 10.8 Å². The van der Waals surface area contributed by atoms with Crippen molar-refractivity contribution in [3.05, 3.63) is 125 Å². The molecule has 0 bridgehead atoms. The van der Waals surface area contributed by atoms with Crippen molar-refractivity contribution in [2.24, 2.45) is 0 Å². The van der Waals surface area contributed by atoms with Gasteiger partial charge < -0.3 is 10.1 Å². The van der Waals surface area contributed by atoms with Gasteiger partial charge in [-0.2, -0.15) is 0 Å². The second-order valence-electron chi connectivity index (χ2n) is 9.13. The minimum Gasteiger partial charge on any atom is -0.476 e. The first-order chi connectivity index (χ1) is 17.8. The Kier molecular flexibility index (Phi) is 6.72. The molecule has 0 aliphatic carbocycles. The summed E-state index contributed by atoms with van der Waals surface area (Å²) in [4.78, 5) is 13.8. The molecule has 4 aromatic rings. The molecule has 0 unspecified atom stereocenters. The molecule has 1 N–H and O–H groups in total. The lowest BCUT2D eigenvalue weighted by molar-refractivity contribution is -0.128. The second kappa shape index (κ2) is 10.1. The summed E-state index contributed by atoms with van der Waals surface area (Å²) in [6, 6.07) is 30.7. The van der Waals surface area contributed by atoms with Crippen molar-refractivity contribution in [1.29, 1.82) is 0 Å². The van der Waals surface area contributed by atoms with Crippen LogP contribution in [0.4, 0.5) is 5.69 Å². The van der Waals surface area contributed by atoms with Crippen LogP contribution >= 0.6 is 0 Å². The second-order valence-corrected chi connectivity index (χ2v) is 11.0. The first-order valence-electron chi connectivity index (χ1n) is 12.1. The van der Waals surface area contributed by atoms with Gasteiger partial charge in [0, 0.05) is 0 Å². The fourth-order valence-corrected chi connectivity index (χ4v) is 6.01. The first kappa shape index (κ1) is 24.6. The van der Waals surface area contributed by atoms with Crippen LogP contribution < -0.4 is 14.4 Å². The van der Waals surface area contributed by atoms with Gasteiger partial charge in [-0.15, -0.1) is 0 Å². The molecule has 6 nitrogen and oxygen atoms in total. The van der Waals surface area contributed by atoms with Crippen LogP contribution in [0.3, 0.4) is 0 Å². The van der Waals surface area contributed by atoms with Gasteiger partial charge in [0.25, 0.3) is 15.9 Å². The van der Waals surface area contributed by atoms with E-state index in [1.807, 2.05) is 68.4 Å². The van der Waals surface area contributed by atoms with E-state index in [9.17, 15) is 13.2 Å². The van der Waals surface area contributed by atoms with E-state index in [0.29, 0.717) is 11.4 Å². The largest absolute Gasteiger partial charge is 0.476 e. The average molecular weight is 513 g/mol. The molecule has 2 atom stereocenters. The number of fused-ring (bicyclic) bond motifs is 1. The number of carbonyl (C=O) groups is 1. The lowest BCUT2D eigenvalue weighted by Crippen LogP contribution is -2.51. The van der Waals surface area contributed by atoms with Gasteiger partial charge in [-0.25, -0.2) is 8.42 Å². The monoisotopic (exact) mass is 512 g/mol. The highest BCUT2D eigenvalue weighted by atomic mass is 32.2. The SMILES string of the molecule is Cc1ccc(S(=O)(=O)N2C[C@H](C(=O)N[C@@H](c3ccccc3)c3ccccc3C)Oc3ccccc32)cc1. The third-order valence-electron chi connectivity index (χ3n) is 6.56. The van der Waals surface area contributed by atoms with Gasteiger partial charge in [-0.1, -0.05) is 84.4 Å². The van der Waals surface area contributed by atoms with Gasteiger partial charge in [0.1, 0.15) is 5.75 Å². The fourth-order valence-electron chi connectivity index (χ4n) is 4.54. The zero-order valence-electron chi connectivity index (χ0n) is 20.7. The molecular formula is C30H28N2O4S. The quantitative estimate of drug-likeness (QED) is 0.387. The molecule has 7 heteroatoms. The van der Waals surface area contributed by atoms with Gasteiger partial charge in [-0.05, 0) is 54.8 Å². The predicted octanol–water partition coefficient (Wildman–Crippen LogP) is 5.17. The molecule has 1 aliphatic heterocycles. The van der Waals surface area contributed by atoms with E-state index < -0.39 is 28.1 Å². The van der Waals surface area contributed by atoms with Gasteiger partial charge in [-0.3, -0.25) is 9.10 Å². The summed E-state index contributed by atoms with van der Waals surface area (Å²) < 4.78 is 34.7. The third-order valence-corrected chi connectivity index (χ3v) is 8.35. The number of carbonyl (C=O) groups excluding carboxylic acids is 1. The number of amides is 1. The van der Waals surface area contributed by atoms with Crippen LogP contribution in [0.1, 0.15) is 28.3 Å². The van der Waals surface area contributed by atoms with Crippen LogP contribution in [-0.2, 0) is 14.8 Å². The van der Waals surface area contributed by atoms with Gasteiger partial charge >= 0.3 is 0 Å². The van der Waals surface area contributed by atoms with Crippen molar-refractivity contribution in [3.8, 4) is 5.75 Å². The number of nitrogens with zero attached hydrogens (tertiary/aromatic N) is 1. The number of sulfonamides is 1. The van der Waals surface area contributed by atoms with E-state index in [1.165, 1.54) is 4.31 Å². The molecule has 0 saturated carbocycles. The van der Waals surface area contributed by atoms with E-state index in [-0.39, 0.29) is 11.4 Å². The van der Waals surface area contributed by atoms with Crippen LogP contribution in [0.2, 0.25) is 0 Å². The summed E-state index contributed by atoms with van der Waals surface area (Å²) in [6.07, 6.45) is -1.04. The summed E-state index contributed by atoms with van der Waals surface area (Å²) in [5.41, 5.74) is 4.29. The number of anilines is 1. The number of nitrogens with one attached hydrogen (secondary N) is 1. The summed E-state index contributed by atoms with van der Waals surface area (Å²) in [7, 11) is -3.92. The zero-order chi connectivity index (χ0) is 26.0. The molecule has 37 heavy (non-hydrogen) atoms. The molecule has 1 amide bonds. The molecule has 0 spiro atoms. The molecule has 0 radical (unpaired) electrons. The van der Waals surface area contributed by atoms with E-state index >= 15 is 0 Å². The molecular weight excluding hydrogens is 484 g/mol.